The lowest BCUT2D eigenvalue weighted by molar-refractivity contribution is 0.0977. The Balaban J connectivity index is 1.81. The molecule has 1 aliphatic heterocycles. The summed E-state index contributed by atoms with van der Waals surface area (Å²) in [6.45, 7) is 3.99. The van der Waals surface area contributed by atoms with Gasteiger partial charge >= 0.3 is 0 Å². The molecule has 0 saturated heterocycles. The van der Waals surface area contributed by atoms with Crippen molar-refractivity contribution in [1.29, 1.82) is 0 Å². The van der Waals surface area contributed by atoms with Crippen LogP contribution in [0.25, 0.3) is 0 Å². The van der Waals surface area contributed by atoms with Gasteiger partial charge in [-0.3, -0.25) is 14.3 Å². The van der Waals surface area contributed by atoms with Gasteiger partial charge in [-0.1, -0.05) is 18.2 Å². The predicted octanol–water partition coefficient (Wildman–Crippen LogP) is 2.03. The number of carbonyl (C=O) groups excluding carboxylic acids is 1. The maximum absolute atomic E-state index is 13.3. The first-order valence-electron chi connectivity index (χ1n) is 8.51. The van der Waals surface area contributed by atoms with Crippen LogP contribution in [0.15, 0.2) is 47.5 Å². The number of amides is 1. The van der Waals surface area contributed by atoms with Crippen molar-refractivity contribution in [2.24, 2.45) is 0 Å². The molecule has 4 rings (SSSR count). The number of rotatable bonds is 2. The number of benzene rings is 1. The topological polar surface area (TPSA) is 83.9 Å². The van der Waals surface area contributed by atoms with Crippen LogP contribution < -0.4 is 10.5 Å². The summed E-state index contributed by atoms with van der Waals surface area (Å²) in [5.74, 6) is -0.307. The summed E-state index contributed by atoms with van der Waals surface area (Å²) < 4.78 is 1.87. The second kappa shape index (κ2) is 6.25. The summed E-state index contributed by atoms with van der Waals surface area (Å²) in [7, 11) is 0. The summed E-state index contributed by atoms with van der Waals surface area (Å²) >= 11 is 0. The molecule has 0 radical (unpaired) electrons. The Bertz CT molecular complexity index is 1020. The molecule has 2 aromatic heterocycles. The second-order valence-electron chi connectivity index (χ2n) is 6.53. The molecule has 7 heteroatoms. The number of hydrogen-bond acceptors (Lipinski definition) is 4. The molecule has 1 atom stereocenters. The Morgan fingerprint density at radius 3 is 2.81 bits per heavy atom. The number of fused-ring (bicyclic) bond motifs is 1. The number of nitrogens with one attached hydrogen (secondary N) is 1. The largest absolute Gasteiger partial charge is 0.306 e. The van der Waals surface area contributed by atoms with Gasteiger partial charge in [0.25, 0.3) is 11.5 Å². The van der Waals surface area contributed by atoms with Crippen LogP contribution >= 0.6 is 0 Å². The number of para-hydroxylation sites is 1. The predicted molar refractivity (Wildman–Crippen MR) is 97.4 cm³/mol. The number of aryl methyl sites for hydroxylation is 1. The Morgan fingerprint density at radius 2 is 2.04 bits per heavy atom. The fraction of sp³-hybridized carbons (Fsp3) is 0.263. The Labute approximate surface area is 150 Å². The minimum atomic E-state index is -0.461. The van der Waals surface area contributed by atoms with Crippen LogP contribution in [0.5, 0.6) is 0 Å². The third-order valence-electron chi connectivity index (χ3n) is 4.96. The highest BCUT2D eigenvalue weighted by atomic mass is 16.2. The number of aromatic amines is 1. The fourth-order valence-corrected chi connectivity index (χ4v) is 3.46. The molecule has 1 aliphatic rings. The molecule has 0 spiro atoms. The van der Waals surface area contributed by atoms with Crippen LogP contribution in [0.2, 0.25) is 0 Å². The van der Waals surface area contributed by atoms with Gasteiger partial charge in [-0.15, -0.1) is 0 Å². The van der Waals surface area contributed by atoms with Crippen molar-refractivity contribution in [2.45, 2.75) is 26.3 Å². The third-order valence-corrected chi connectivity index (χ3v) is 4.96. The summed E-state index contributed by atoms with van der Waals surface area (Å²) in [6.07, 6.45) is 4.41. The lowest BCUT2D eigenvalue weighted by Crippen LogP contribution is -2.43. The van der Waals surface area contributed by atoms with E-state index in [1.54, 1.807) is 24.9 Å². The fourth-order valence-electron chi connectivity index (χ4n) is 3.46. The molecular formula is C19H19N5O2. The first kappa shape index (κ1) is 16.3. The van der Waals surface area contributed by atoms with E-state index in [2.05, 4.69) is 15.3 Å². The van der Waals surface area contributed by atoms with Crippen LogP contribution in [0, 0.1) is 13.8 Å². The highest BCUT2D eigenvalue weighted by molar-refractivity contribution is 6.07. The maximum Gasteiger partial charge on any atom is 0.277 e. The van der Waals surface area contributed by atoms with Crippen molar-refractivity contribution in [3.05, 3.63) is 75.5 Å². The molecule has 0 aliphatic carbocycles. The van der Waals surface area contributed by atoms with E-state index in [1.807, 2.05) is 41.2 Å². The van der Waals surface area contributed by atoms with E-state index in [4.69, 9.17) is 0 Å². The number of hydrogen-bond donors (Lipinski definition) is 1. The van der Waals surface area contributed by atoms with Crippen molar-refractivity contribution >= 4 is 11.6 Å². The van der Waals surface area contributed by atoms with Crippen molar-refractivity contribution in [3.63, 3.8) is 0 Å². The summed E-state index contributed by atoms with van der Waals surface area (Å²) in [5, 5.41) is 10.7. The third kappa shape index (κ3) is 2.61. The van der Waals surface area contributed by atoms with Gasteiger partial charge in [-0.05, 0) is 43.5 Å². The van der Waals surface area contributed by atoms with Gasteiger partial charge in [-0.25, -0.2) is 5.10 Å². The lowest BCUT2D eigenvalue weighted by atomic mass is 9.96. The summed E-state index contributed by atoms with van der Waals surface area (Å²) in [5.41, 5.74) is 2.84. The van der Waals surface area contributed by atoms with Crippen molar-refractivity contribution < 1.29 is 4.79 Å². The molecule has 0 saturated carbocycles. The monoisotopic (exact) mass is 349 g/mol. The molecule has 1 amide bonds. The lowest BCUT2D eigenvalue weighted by Gasteiger charge is -2.34. The van der Waals surface area contributed by atoms with Gasteiger partial charge in [0, 0.05) is 24.6 Å². The van der Waals surface area contributed by atoms with E-state index in [0.29, 0.717) is 17.8 Å². The smallest absolute Gasteiger partial charge is 0.277 e. The van der Waals surface area contributed by atoms with Gasteiger partial charge in [0.05, 0.1) is 11.7 Å². The quantitative estimate of drug-likeness (QED) is 0.767. The van der Waals surface area contributed by atoms with Gasteiger partial charge in [-0.2, -0.15) is 10.2 Å². The minimum absolute atomic E-state index is 0.0196. The van der Waals surface area contributed by atoms with Crippen LogP contribution in [-0.4, -0.2) is 32.4 Å². The Kier molecular flexibility index (Phi) is 3.91. The first-order chi connectivity index (χ1) is 12.6. The normalized spacial score (nSPS) is 16.4. The number of anilines is 1. The van der Waals surface area contributed by atoms with Crippen LogP contribution in [-0.2, 0) is 6.42 Å². The van der Waals surface area contributed by atoms with Crippen molar-refractivity contribution in [1.82, 2.24) is 20.0 Å². The molecule has 0 unspecified atom stereocenters. The number of nitrogens with zero attached hydrogens (tertiary/aromatic N) is 4. The van der Waals surface area contributed by atoms with Gasteiger partial charge in [0.1, 0.15) is 5.56 Å². The van der Waals surface area contributed by atoms with Crippen molar-refractivity contribution in [2.75, 3.05) is 11.4 Å². The van der Waals surface area contributed by atoms with E-state index in [1.165, 1.54) is 0 Å². The van der Waals surface area contributed by atoms with E-state index in [9.17, 15) is 9.59 Å². The summed E-state index contributed by atoms with van der Waals surface area (Å²) in [4.78, 5) is 27.3. The zero-order chi connectivity index (χ0) is 18.3. The molecule has 0 bridgehead atoms. The van der Waals surface area contributed by atoms with E-state index in [-0.39, 0.29) is 17.5 Å². The van der Waals surface area contributed by atoms with Crippen LogP contribution in [0.3, 0.4) is 0 Å². The summed E-state index contributed by atoms with van der Waals surface area (Å²) in [6, 6.07) is 9.69. The van der Waals surface area contributed by atoms with Crippen molar-refractivity contribution in [3.8, 4) is 0 Å². The number of aromatic nitrogens is 4. The first-order valence-corrected chi connectivity index (χ1v) is 8.51. The Morgan fingerprint density at radius 1 is 1.23 bits per heavy atom. The van der Waals surface area contributed by atoms with E-state index < -0.39 is 5.56 Å². The highest BCUT2D eigenvalue weighted by Gasteiger charge is 2.32. The maximum atomic E-state index is 13.3. The minimum Gasteiger partial charge on any atom is -0.306 e. The molecule has 0 fully saturated rings. The van der Waals surface area contributed by atoms with Crippen LogP contribution in [0.1, 0.15) is 33.2 Å². The van der Waals surface area contributed by atoms with Gasteiger partial charge in [0.15, 0.2) is 0 Å². The number of carbonyl (C=O) groups is 1. The standard InChI is InChI=1S/C19H19N5O2/c1-12-13(2)21-22-18(25)17(12)19(26)23-11-15(24-9-5-8-20-24)10-14-6-3-4-7-16(14)23/h3-9,15H,10-11H2,1-2H3,(H,22,25)/t15-/m0/s1. The van der Waals surface area contributed by atoms with Gasteiger partial charge < -0.3 is 4.90 Å². The van der Waals surface area contributed by atoms with Gasteiger partial charge in [0.2, 0.25) is 0 Å². The number of H-pyrrole nitrogens is 1. The second-order valence-corrected chi connectivity index (χ2v) is 6.53. The molecule has 26 heavy (non-hydrogen) atoms. The highest BCUT2D eigenvalue weighted by Crippen LogP contribution is 2.32. The molecule has 3 heterocycles. The average Bonchev–Trinajstić information content (AvgIpc) is 3.19. The molecule has 1 aromatic carbocycles. The molecule has 132 valence electrons. The zero-order valence-electron chi connectivity index (χ0n) is 14.6. The molecule has 7 nitrogen and oxygen atoms in total. The molecule has 3 aromatic rings. The Hall–Kier alpha value is -3.22. The van der Waals surface area contributed by atoms with E-state index in [0.717, 1.165) is 17.7 Å². The SMILES string of the molecule is Cc1n[nH]c(=O)c(C(=O)N2C[C@@H](n3cccn3)Cc3ccccc32)c1C. The molecule has 1 N–H and O–H groups in total. The van der Waals surface area contributed by atoms with Crippen LogP contribution in [0.4, 0.5) is 5.69 Å². The van der Waals surface area contributed by atoms with E-state index >= 15 is 0 Å². The average molecular weight is 349 g/mol. The molecular weight excluding hydrogens is 330 g/mol. The zero-order valence-corrected chi connectivity index (χ0v) is 14.6.